The van der Waals surface area contributed by atoms with Gasteiger partial charge in [-0.15, -0.1) is 10.2 Å². The summed E-state index contributed by atoms with van der Waals surface area (Å²) in [5.41, 5.74) is 0. The van der Waals surface area contributed by atoms with Crippen LogP contribution in [-0.4, -0.2) is 44.3 Å². The minimum Gasteiger partial charge on any atom is -0.482 e. The fourth-order valence-electron chi connectivity index (χ4n) is 3.37. The highest BCUT2D eigenvalue weighted by atomic mass is 16.6. The maximum Gasteiger partial charge on any atom is 0.268 e. The zero-order valence-corrected chi connectivity index (χ0v) is 14.7. The van der Waals surface area contributed by atoms with E-state index in [-0.39, 0.29) is 12.0 Å². The van der Waals surface area contributed by atoms with Crippen LogP contribution in [0.25, 0.3) is 0 Å². The van der Waals surface area contributed by atoms with Gasteiger partial charge in [0, 0.05) is 19.0 Å². The Hall–Kier alpha value is -2.57. The molecule has 2 aromatic rings. The maximum atomic E-state index is 13.0. The number of benzene rings is 1. The van der Waals surface area contributed by atoms with Gasteiger partial charge in [0.2, 0.25) is 6.10 Å². The lowest BCUT2D eigenvalue weighted by atomic mass is 10.1. The third-order valence-corrected chi connectivity index (χ3v) is 4.70. The van der Waals surface area contributed by atoms with Crippen molar-refractivity contribution < 1.29 is 14.3 Å². The molecule has 1 aromatic carbocycles. The van der Waals surface area contributed by atoms with Crippen molar-refractivity contribution in [1.29, 1.82) is 0 Å². The smallest absolute Gasteiger partial charge is 0.268 e. The molecule has 3 heterocycles. The van der Waals surface area contributed by atoms with Crippen LogP contribution in [0.3, 0.4) is 0 Å². The normalized spacial score (nSPS) is 22.0. The number of amides is 1. The first-order valence-electron chi connectivity index (χ1n) is 8.67. The van der Waals surface area contributed by atoms with E-state index in [1.54, 1.807) is 4.90 Å². The van der Waals surface area contributed by atoms with Gasteiger partial charge in [-0.05, 0) is 19.1 Å². The summed E-state index contributed by atoms with van der Waals surface area (Å²) in [6.07, 6.45) is -0.984. The molecule has 0 radical (unpaired) electrons. The molecule has 0 bridgehead atoms. The minimum atomic E-state index is -0.644. The van der Waals surface area contributed by atoms with Crippen LogP contribution >= 0.6 is 0 Å². The first-order chi connectivity index (χ1) is 12.0. The van der Waals surface area contributed by atoms with Crippen molar-refractivity contribution in [2.24, 2.45) is 0 Å². The minimum absolute atomic E-state index is 0.0673. The SMILES string of the molecule is CC(C)c1nnc2n1CCN(C(=O)[C@H]1Oc3ccccc3O[C@@H]1C)C2. The Morgan fingerprint density at radius 1 is 1.16 bits per heavy atom. The van der Waals surface area contributed by atoms with Crippen LogP contribution in [0.5, 0.6) is 11.5 Å². The molecule has 0 spiro atoms. The Balaban J connectivity index is 1.52. The summed E-state index contributed by atoms with van der Waals surface area (Å²) in [5.74, 6) is 3.34. The lowest BCUT2D eigenvalue weighted by Crippen LogP contribution is -2.52. The number of aromatic nitrogens is 3. The lowest BCUT2D eigenvalue weighted by molar-refractivity contribution is -0.146. The molecular formula is C18H22N4O3. The van der Waals surface area contributed by atoms with Crippen molar-refractivity contribution in [3.63, 3.8) is 0 Å². The predicted molar refractivity (Wildman–Crippen MR) is 90.5 cm³/mol. The van der Waals surface area contributed by atoms with Gasteiger partial charge in [-0.25, -0.2) is 0 Å². The third kappa shape index (κ3) is 2.73. The molecular weight excluding hydrogens is 320 g/mol. The van der Waals surface area contributed by atoms with Gasteiger partial charge in [-0.3, -0.25) is 4.79 Å². The van der Waals surface area contributed by atoms with Crippen LogP contribution in [0.15, 0.2) is 24.3 Å². The fourth-order valence-corrected chi connectivity index (χ4v) is 3.37. The number of fused-ring (bicyclic) bond motifs is 2. The molecule has 0 saturated heterocycles. The summed E-state index contributed by atoms with van der Waals surface area (Å²) in [5, 5.41) is 8.53. The number of hydrogen-bond donors (Lipinski definition) is 0. The average molecular weight is 342 g/mol. The molecule has 4 rings (SSSR count). The summed E-state index contributed by atoms with van der Waals surface area (Å²) in [7, 11) is 0. The molecule has 132 valence electrons. The highest BCUT2D eigenvalue weighted by Gasteiger charge is 2.38. The first kappa shape index (κ1) is 15.9. The molecule has 0 fully saturated rings. The van der Waals surface area contributed by atoms with Gasteiger partial charge in [0.15, 0.2) is 17.3 Å². The van der Waals surface area contributed by atoms with Crippen molar-refractivity contribution in [2.45, 2.75) is 52.0 Å². The van der Waals surface area contributed by atoms with E-state index in [9.17, 15) is 4.79 Å². The van der Waals surface area contributed by atoms with E-state index in [1.807, 2.05) is 31.2 Å². The van der Waals surface area contributed by atoms with Gasteiger partial charge in [0.1, 0.15) is 11.9 Å². The van der Waals surface area contributed by atoms with Crippen molar-refractivity contribution in [2.75, 3.05) is 6.54 Å². The third-order valence-electron chi connectivity index (χ3n) is 4.70. The van der Waals surface area contributed by atoms with Gasteiger partial charge in [0.05, 0.1) is 6.54 Å². The summed E-state index contributed by atoms with van der Waals surface area (Å²) in [6, 6.07) is 7.43. The molecule has 0 aliphatic carbocycles. The van der Waals surface area contributed by atoms with Crippen molar-refractivity contribution in [1.82, 2.24) is 19.7 Å². The first-order valence-corrected chi connectivity index (χ1v) is 8.67. The Morgan fingerprint density at radius 2 is 1.88 bits per heavy atom. The topological polar surface area (TPSA) is 69.5 Å². The summed E-state index contributed by atoms with van der Waals surface area (Å²) < 4.78 is 13.9. The Labute approximate surface area is 146 Å². The number of nitrogens with zero attached hydrogens (tertiary/aromatic N) is 4. The second-order valence-corrected chi connectivity index (χ2v) is 6.85. The number of hydrogen-bond acceptors (Lipinski definition) is 5. The van der Waals surface area contributed by atoms with Crippen LogP contribution in [0, 0.1) is 0 Å². The average Bonchev–Trinajstić information content (AvgIpc) is 3.04. The van der Waals surface area contributed by atoms with E-state index in [0.29, 0.717) is 37.1 Å². The van der Waals surface area contributed by atoms with Crippen molar-refractivity contribution >= 4 is 5.91 Å². The molecule has 25 heavy (non-hydrogen) atoms. The van der Waals surface area contributed by atoms with E-state index in [0.717, 1.165) is 11.6 Å². The second-order valence-electron chi connectivity index (χ2n) is 6.85. The van der Waals surface area contributed by atoms with Crippen molar-refractivity contribution in [3.05, 3.63) is 35.9 Å². The maximum absolute atomic E-state index is 13.0. The number of para-hydroxylation sites is 2. The zero-order chi connectivity index (χ0) is 17.6. The van der Waals surface area contributed by atoms with E-state index in [1.165, 1.54) is 0 Å². The van der Waals surface area contributed by atoms with Crippen LogP contribution in [0.1, 0.15) is 38.3 Å². The lowest BCUT2D eigenvalue weighted by Gasteiger charge is -2.36. The summed E-state index contributed by atoms with van der Waals surface area (Å²) in [4.78, 5) is 14.8. The van der Waals surface area contributed by atoms with Gasteiger partial charge in [0.25, 0.3) is 5.91 Å². The molecule has 0 unspecified atom stereocenters. The molecule has 1 aromatic heterocycles. The number of ether oxygens (including phenoxy) is 2. The summed E-state index contributed by atoms with van der Waals surface area (Å²) >= 11 is 0. The standard InChI is InChI=1S/C18H22N4O3/c1-11(2)17-20-19-15-10-21(8-9-22(15)17)18(23)16-12(3)24-13-6-4-5-7-14(13)25-16/h4-7,11-12,16H,8-10H2,1-3H3/t12-,16+/m1/s1. The van der Waals surface area contributed by atoms with E-state index in [2.05, 4.69) is 28.6 Å². The molecule has 0 N–H and O–H groups in total. The predicted octanol–water partition coefficient (Wildman–Crippen LogP) is 1.97. The zero-order valence-electron chi connectivity index (χ0n) is 14.7. The quantitative estimate of drug-likeness (QED) is 0.835. The van der Waals surface area contributed by atoms with E-state index >= 15 is 0 Å². The molecule has 7 heteroatoms. The van der Waals surface area contributed by atoms with E-state index < -0.39 is 6.10 Å². The monoisotopic (exact) mass is 342 g/mol. The van der Waals surface area contributed by atoms with Gasteiger partial charge >= 0.3 is 0 Å². The molecule has 7 nitrogen and oxygen atoms in total. The molecule has 0 saturated carbocycles. The highest BCUT2D eigenvalue weighted by Crippen LogP contribution is 2.34. The molecule has 2 atom stereocenters. The second kappa shape index (κ2) is 6.06. The number of carbonyl (C=O) groups excluding carboxylic acids is 1. The highest BCUT2D eigenvalue weighted by molar-refractivity contribution is 5.82. The van der Waals surface area contributed by atoms with Crippen LogP contribution in [-0.2, 0) is 17.9 Å². The van der Waals surface area contributed by atoms with Crippen LogP contribution < -0.4 is 9.47 Å². The van der Waals surface area contributed by atoms with E-state index in [4.69, 9.17) is 9.47 Å². The Bertz CT molecular complexity index is 801. The van der Waals surface area contributed by atoms with Gasteiger partial charge < -0.3 is 18.9 Å². The largest absolute Gasteiger partial charge is 0.482 e. The number of rotatable bonds is 2. The van der Waals surface area contributed by atoms with Crippen LogP contribution in [0.2, 0.25) is 0 Å². The Kier molecular flexibility index (Phi) is 3.86. The molecule has 2 aliphatic rings. The van der Waals surface area contributed by atoms with Crippen LogP contribution in [0.4, 0.5) is 0 Å². The van der Waals surface area contributed by atoms with Crippen molar-refractivity contribution in [3.8, 4) is 11.5 Å². The Morgan fingerprint density at radius 3 is 2.60 bits per heavy atom. The van der Waals surface area contributed by atoms with Gasteiger partial charge in [-0.1, -0.05) is 26.0 Å². The molecule has 1 amide bonds. The van der Waals surface area contributed by atoms with Gasteiger partial charge in [-0.2, -0.15) is 0 Å². The number of carbonyl (C=O) groups is 1. The fraction of sp³-hybridized carbons (Fsp3) is 0.500. The molecule has 2 aliphatic heterocycles. The summed E-state index contributed by atoms with van der Waals surface area (Å²) in [6.45, 7) is 7.84.